The third-order valence-corrected chi connectivity index (χ3v) is 2.51. The van der Waals surface area contributed by atoms with Crippen LogP contribution < -0.4 is 5.32 Å². The van der Waals surface area contributed by atoms with E-state index in [-0.39, 0.29) is 5.28 Å². The van der Waals surface area contributed by atoms with Gasteiger partial charge in [-0.05, 0) is 11.6 Å². The van der Waals surface area contributed by atoms with Crippen molar-refractivity contribution in [1.29, 1.82) is 0 Å². The zero-order valence-electron chi connectivity index (χ0n) is 9.42. The number of aryl methyl sites for hydroxylation is 1. The molecule has 0 fully saturated rings. The fraction of sp³-hybridized carbons (Fsp3) is 0.222. The summed E-state index contributed by atoms with van der Waals surface area (Å²) in [5.74, 6) is 1.27. The van der Waals surface area contributed by atoms with Crippen LogP contribution in [0.3, 0.4) is 0 Å². The third-order valence-electron chi connectivity index (χ3n) is 2.34. The molecule has 0 saturated carbocycles. The second-order valence-corrected chi connectivity index (χ2v) is 4.00. The van der Waals surface area contributed by atoms with Gasteiger partial charge in [0.1, 0.15) is 12.1 Å². The van der Waals surface area contributed by atoms with E-state index < -0.39 is 0 Å². The van der Waals surface area contributed by atoms with Gasteiger partial charge in [0.05, 0.1) is 18.1 Å². The van der Waals surface area contributed by atoms with Gasteiger partial charge in [-0.25, -0.2) is 4.98 Å². The van der Waals surface area contributed by atoms with Crippen LogP contribution in [0.25, 0.3) is 11.0 Å². The Morgan fingerprint density at radius 2 is 2.33 bits per heavy atom. The Kier molecular flexibility index (Phi) is 2.56. The summed E-state index contributed by atoms with van der Waals surface area (Å²) in [5.41, 5.74) is 0.589. The van der Waals surface area contributed by atoms with Gasteiger partial charge in [0.15, 0.2) is 11.5 Å². The molecule has 8 nitrogen and oxygen atoms in total. The molecule has 0 unspecified atom stereocenters. The molecule has 3 aromatic rings. The monoisotopic (exact) mass is 264 g/mol. The summed E-state index contributed by atoms with van der Waals surface area (Å²) in [6.07, 6.45) is 3.28. The molecule has 9 heteroatoms. The molecule has 0 atom stereocenters. The third kappa shape index (κ3) is 1.97. The van der Waals surface area contributed by atoms with Gasteiger partial charge in [-0.1, -0.05) is 0 Å². The molecule has 0 radical (unpaired) electrons. The zero-order valence-corrected chi connectivity index (χ0v) is 10.2. The summed E-state index contributed by atoms with van der Waals surface area (Å²) in [4.78, 5) is 12.2. The number of nitrogens with one attached hydrogen (secondary N) is 2. The van der Waals surface area contributed by atoms with E-state index in [1.165, 1.54) is 0 Å². The van der Waals surface area contributed by atoms with Crippen LogP contribution in [0.2, 0.25) is 5.28 Å². The Morgan fingerprint density at radius 3 is 3.11 bits per heavy atom. The molecule has 0 aliphatic rings. The molecule has 92 valence electrons. The van der Waals surface area contributed by atoms with E-state index in [2.05, 4.69) is 35.6 Å². The van der Waals surface area contributed by atoms with Crippen LogP contribution in [-0.2, 0) is 13.6 Å². The minimum absolute atomic E-state index is 0.156. The van der Waals surface area contributed by atoms with Crippen LogP contribution in [0.5, 0.6) is 0 Å². The van der Waals surface area contributed by atoms with Crippen molar-refractivity contribution in [2.75, 3.05) is 5.32 Å². The molecule has 0 saturated heterocycles. The van der Waals surface area contributed by atoms with Gasteiger partial charge < -0.3 is 5.32 Å². The normalized spacial score (nSPS) is 11.0. The minimum atomic E-state index is 0.156. The molecule has 0 aliphatic carbocycles. The first-order chi connectivity index (χ1) is 8.72. The van der Waals surface area contributed by atoms with Crippen molar-refractivity contribution in [2.24, 2.45) is 7.05 Å². The number of fused-ring (bicyclic) bond motifs is 1. The van der Waals surface area contributed by atoms with Gasteiger partial charge in [0, 0.05) is 7.05 Å². The molecule has 3 aromatic heterocycles. The first kappa shape index (κ1) is 10.9. The summed E-state index contributed by atoms with van der Waals surface area (Å²) in [5, 5.41) is 14.8. The topological polar surface area (TPSA) is 97.2 Å². The molecule has 3 heterocycles. The second kappa shape index (κ2) is 4.22. The van der Waals surface area contributed by atoms with Crippen molar-refractivity contribution in [3.05, 3.63) is 23.6 Å². The number of hydrogen-bond donors (Lipinski definition) is 2. The van der Waals surface area contributed by atoms with E-state index in [4.69, 9.17) is 11.6 Å². The highest BCUT2D eigenvalue weighted by atomic mass is 35.5. The number of aromatic amines is 1. The van der Waals surface area contributed by atoms with Gasteiger partial charge in [-0.3, -0.25) is 9.78 Å². The van der Waals surface area contributed by atoms with E-state index in [9.17, 15) is 0 Å². The largest absolute Gasteiger partial charge is 0.362 e. The molecule has 0 aromatic carbocycles. The van der Waals surface area contributed by atoms with Crippen LogP contribution in [-0.4, -0.2) is 34.9 Å². The zero-order chi connectivity index (χ0) is 12.5. The molecular formula is C9H9ClN8. The van der Waals surface area contributed by atoms with E-state index >= 15 is 0 Å². The van der Waals surface area contributed by atoms with Crippen molar-refractivity contribution >= 4 is 28.5 Å². The summed E-state index contributed by atoms with van der Waals surface area (Å²) in [7, 11) is 1.81. The number of rotatable bonds is 3. The maximum absolute atomic E-state index is 5.82. The summed E-state index contributed by atoms with van der Waals surface area (Å²) in [6.45, 7) is 0.453. The maximum Gasteiger partial charge on any atom is 0.226 e. The van der Waals surface area contributed by atoms with Crippen LogP contribution in [0.4, 0.5) is 5.82 Å². The van der Waals surface area contributed by atoms with Gasteiger partial charge in [0.2, 0.25) is 5.28 Å². The molecular weight excluding hydrogens is 256 g/mol. The molecule has 3 rings (SSSR count). The smallest absolute Gasteiger partial charge is 0.226 e. The fourth-order valence-electron chi connectivity index (χ4n) is 1.57. The van der Waals surface area contributed by atoms with Gasteiger partial charge in [-0.15, -0.1) is 0 Å². The Balaban J connectivity index is 1.87. The van der Waals surface area contributed by atoms with Crippen molar-refractivity contribution in [3.63, 3.8) is 0 Å². The number of H-pyrrole nitrogens is 1. The molecule has 0 bridgehead atoms. The SMILES string of the molecule is Cn1cnc(CNc2nc(Cl)nc3[nH]ncc23)n1. The predicted molar refractivity (Wildman–Crippen MR) is 65.0 cm³/mol. The first-order valence-corrected chi connectivity index (χ1v) is 5.55. The molecule has 18 heavy (non-hydrogen) atoms. The number of halogens is 1. The molecule has 2 N–H and O–H groups in total. The molecule has 0 amide bonds. The Hall–Kier alpha value is -2.22. The number of aromatic nitrogens is 7. The highest BCUT2D eigenvalue weighted by molar-refractivity contribution is 6.28. The lowest BCUT2D eigenvalue weighted by Gasteiger charge is -2.03. The van der Waals surface area contributed by atoms with E-state index in [0.29, 0.717) is 23.8 Å². The number of anilines is 1. The number of nitrogens with zero attached hydrogens (tertiary/aromatic N) is 6. The van der Waals surface area contributed by atoms with Gasteiger partial charge in [-0.2, -0.15) is 20.2 Å². The maximum atomic E-state index is 5.82. The predicted octanol–water partition coefficient (Wildman–Crippen LogP) is 0.747. The van der Waals surface area contributed by atoms with E-state index in [1.54, 1.807) is 17.2 Å². The van der Waals surface area contributed by atoms with Crippen molar-refractivity contribution < 1.29 is 0 Å². The van der Waals surface area contributed by atoms with Gasteiger partial charge in [0.25, 0.3) is 0 Å². The Morgan fingerprint density at radius 1 is 1.44 bits per heavy atom. The fourth-order valence-corrected chi connectivity index (χ4v) is 1.74. The van der Waals surface area contributed by atoms with Crippen LogP contribution >= 0.6 is 11.6 Å². The minimum Gasteiger partial charge on any atom is -0.362 e. The number of hydrogen-bond acceptors (Lipinski definition) is 6. The van der Waals surface area contributed by atoms with Crippen molar-refractivity contribution in [3.8, 4) is 0 Å². The van der Waals surface area contributed by atoms with Crippen molar-refractivity contribution in [1.82, 2.24) is 34.9 Å². The van der Waals surface area contributed by atoms with Crippen LogP contribution in [0.1, 0.15) is 5.82 Å². The highest BCUT2D eigenvalue weighted by Gasteiger charge is 2.08. The lowest BCUT2D eigenvalue weighted by molar-refractivity contribution is 0.747. The average molecular weight is 265 g/mol. The summed E-state index contributed by atoms with van der Waals surface area (Å²) >= 11 is 5.82. The van der Waals surface area contributed by atoms with E-state index in [1.807, 2.05) is 7.05 Å². The van der Waals surface area contributed by atoms with Crippen LogP contribution in [0.15, 0.2) is 12.5 Å². The highest BCUT2D eigenvalue weighted by Crippen LogP contribution is 2.19. The quantitative estimate of drug-likeness (QED) is 0.678. The van der Waals surface area contributed by atoms with E-state index in [0.717, 1.165) is 5.39 Å². The van der Waals surface area contributed by atoms with Crippen LogP contribution in [0, 0.1) is 0 Å². The Bertz CT molecular complexity index is 687. The first-order valence-electron chi connectivity index (χ1n) is 5.17. The summed E-state index contributed by atoms with van der Waals surface area (Å²) in [6, 6.07) is 0. The summed E-state index contributed by atoms with van der Waals surface area (Å²) < 4.78 is 1.64. The van der Waals surface area contributed by atoms with Crippen molar-refractivity contribution in [2.45, 2.75) is 6.54 Å². The Labute approximate surface area is 106 Å². The molecule has 0 spiro atoms. The lowest BCUT2D eigenvalue weighted by Crippen LogP contribution is -2.05. The standard InChI is InChI=1S/C9H9ClN8/c1-18-4-12-6(17-18)3-11-7-5-2-13-16-8(5)15-9(10)14-7/h2,4H,3H2,1H3,(H2,11,13,14,15,16). The lowest BCUT2D eigenvalue weighted by atomic mass is 10.4. The second-order valence-electron chi connectivity index (χ2n) is 3.66. The average Bonchev–Trinajstić information content (AvgIpc) is 2.94. The molecule has 0 aliphatic heterocycles. The van der Waals surface area contributed by atoms with Gasteiger partial charge >= 0.3 is 0 Å².